The van der Waals surface area contributed by atoms with Crippen molar-refractivity contribution in [3.63, 3.8) is 0 Å². The van der Waals surface area contributed by atoms with Gasteiger partial charge in [-0.05, 0) is 23.6 Å². The zero-order valence-electron chi connectivity index (χ0n) is 9.16. The van der Waals surface area contributed by atoms with Crippen LogP contribution in [0.4, 0.5) is 0 Å². The summed E-state index contributed by atoms with van der Waals surface area (Å²) in [6.45, 7) is 4.07. The number of benzene rings is 1. The van der Waals surface area contributed by atoms with Crippen molar-refractivity contribution in [1.82, 2.24) is 0 Å². The first-order valence-electron chi connectivity index (χ1n) is 4.97. The first-order valence-corrected chi connectivity index (χ1v) is 6.79. The number of rotatable bonds is 4. The summed E-state index contributed by atoms with van der Waals surface area (Å²) in [6, 6.07) is 5.68. The zero-order chi connectivity index (χ0) is 11.5. The molecule has 0 aliphatic heterocycles. The van der Waals surface area contributed by atoms with Crippen molar-refractivity contribution in [1.29, 1.82) is 0 Å². The van der Waals surface area contributed by atoms with E-state index in [4.69, 9.17) is 5.73 Å². The maximum Gasteiger partial charge on any atom is 0.154 e. The van der Waals surface area contributed by atoms with Gasteiger partial charge >= 0.3 is 0 Å². The molecule has 0 saturated heterocycles. The highest BCUT2D eigenvalue weighted by Gasteiger charge is 2.10. The molecule has 0 heterocycles. The van der Waals surface area contributed by atoms with Crippen LogP contribution in [0.3, 0.4) is 0 Å². The summed E-state index contributed by atoms with van der Waals surface area (Å²) in [5, 5.41) is 0. The van der Waals surface area contributed by atoms with Gasteiger partial charge in [-0.2, -0.15) is 0 Å². The summed E-state index contributed by atoms with van der Waals surface area (Å²) < 4.78 is 22.9. The van der Waals surface area contributed by atoms with E-state index in [2.05, 4.69) is 0 Å². The first kappa shape index (κ1) is 12.2. The summed E-state index contributed by atoms with van der Waals surface area (Å²) in [4.78, 5) is 0. The Kier molecular flexibility index (Phi) is 3.88. The molecular weight excluding hydrogens is 210 g/mol. The van der Waals surface area contributed by atoms with Crippen LogP contribution in [0, 0.1) is 6.92 Å². The van der Waals surface area contributed by atoms with E-state index >= 15 is 0 Å². The Labute approximate surface area is 91.2 Å². The fourth-order valence-electron chi connectivity index (χ4n) is 1.39. The molecule has 84 valence electrons. The third-order valence-corrected chi connectivity index (χ3v) is 4.09. The summed E-state index contributed by atoms with van der Waals surface area (Å²) >= 11 is 0. The van der Waals surface area contributed by atoms with E-state index in [-0.39, 0.29) is 11.5 Å². The van der Waals surface area contributed by atoms with E-state index in [9.17, 15) is 8.42 Å². The Balaban J connectivity index is 2.97. The fraction of sp³-hybridized carbons (Fsp3) is 0.455. The predicted octanol–water partition coefficient (Wildman–Crippen LogP) is 1.39. The number of sulfone groups is 1. The van der Waals surface area contributed by atoms with E-state index in [1.807, 2.05) is 25.1 Å². The van der Waals surface area contributed by atoms with E-state index in [0.29, 0.717) is 6.54 Å². The maximum absolute atomic E-state index is 11.5. The smallest absolute Gasteiger partial charge is 0.154 e. The van der Waals surface area contributed by atoms with E-state index in [1.54, 1.807) is 6.92 Å². The predicted molar refractivity (Wildman–Crippen MR) is 62.2 cm³/mol. The molecule has 0 atom stereocenters. The van der Waals surface area contributed by atoms with Crippen molar-refractivity contribution in [2.45, 2.75) is 26.1 Å². The van der Waals surface area contributed by atoms with Crippen molar-refractivity contribution < 1.29 is 8.42 Å². The van der Waals surface area contributed by atoms with Crippen molar-refractivity contribution in [2.24, 2.45) is 5.73 Å². The lowest BCUT2D eigenvalue weighted by Crippen LogP contribution is -2.08. The van der Waals surface area contributed by atoms with E-state index < -0.39 is 9.84 Å². The normalized spacial score (nSPS) is 11.7. The maximum atomic E-state index is 11.5. The lowest BCUT2D eigenvalue weighted by atomic mass is 10.1. The highest BCUT2D eigenvalue weighted by atomic mass is 32.2. The monoisotopic (exact) mass is 227 g/mol. The van der Waals surface area contributed by atoms with Crippen LogP contribution in [0.2, 0.25) is 0 Å². The number of aryl methyl sites for hydroxylation is 1. The van der Waals surface area contributed by atoms with Gasteiger partial charge < -0.3 is 5.73 Å². The molecule has 2 N–H and O–H groups in total. The second-order valence-electron chi connectivity index (χ2n) is 3.64. The highest BCUT2D eigenvalue weighted by Crippen LogP contribution is 2.14. The van der Waals surface area contributed by atoms with Gasteiger partial charge in [-0.1, -0.05) is 25.1 Å². The molecule has 4 heteroatoms. The van der Waals surface area contributed by atoms with Gasteiger partial charge in [-0.25, -0.2) is 8.42 Å². The van der Waals surface area contributed by atoms with Crippen LogP contribution in [0.25, 0.3) is 0 Å². The number of hydrogen-bond donors (Lipinski definition) is 1. The summed E-state index contributed by atoms with van der Waals surface area (Å²) in [7, 11) is -2.95. The van der Waals surface area contributed by atoms with Crippen molar-refractivity contribution in [2.75, 3.05) is 5.75 Å². The summed E-state index contributed by atoms with van der Waals surface area (Å²) in [6.07, 6.45) is 0. The minimum absolute atomic E-state index is 0.125. The SMILES string of the molecule is CCS(=O)(=O)Cc1ccc(CN)cc1C. The van der Waals surface area contributed by atoms with Gasteiger partial charge in [0.15, 0.2) is 9.84 Å². The number of nitrogens with two attached hydrogens (primary N) is 1. The molecule has 3 nitrogen and oxygen atoms in total. The second kappa shape index (κ2) is 4.77. The molecule has 1 aromatic rings. The van der Waals surface area contributed by atoms with Crippen LogP contribution >= 0.6 is 0 Å². The van der Waals surface area contributed by atoms with E-state index in [1.165, 1.54) is 0 Å². The van der Waals surface area contributed by atoms with Crippen LogP contribution in [0.5, 0.6) is 0 Å². The Morgan fingerprint density at radius 2 is 2.00 bits per heavy atom. The third kappa shape index (κ3) is 3.32. The highest BCUT2D eigenvalue weighted by molar-refractivity contribution is 7.90. The third-order valence-electron chi connectivity index (χ3n) is 2.46. The fourth-order valence-corrected chi connectivity index (χ4v) is 2.39. The molecule has 0 bridgehead atoms. The largest absolute Gasteiger partial charge is 0.326 e. The molecular formula is C11H17NO2S. The molecule has 0 amide bonds. The quantitative estimate of drug-likeness (QED) is 0.845. The van der Waals surface area contributed by atoms with Gasteiger partial charge in [0.2, 0.25) is 0 Å². The standard InChI is InChI=1S/C11H17NO2S/c1-3-15(13,14)8-11-5-4-10(7-12)6-9(11)2/h4-6H,3,7-8,12H2,1-2H3. The second-order valence-corrected chi connectivity index (χ2v) is 5.99. The molecule has 0 aliphatic rings. The van der Waals surface area contributed by atoms with Gasteiger partial charge in [-0.3, -0.25) is 0 Å². The number of hydrogen-bond acceptors (Lipinski definition) is 3. The van der Waals surface area contributed by atoms with E-state index in [0.717, 1.165) is 16.7 Å². The molecule has 0 fully saturated rings. The molecule has 0 aliphatic carbocycles. The molecule has 0 unspecified atom stereocenters. The van der Waals surface area contributed by atoms with Gasteiger partial charge in [-0.15, -0.1) is 0 Å². The lowest BCUT2D eigenvalue weighted by Gasteiger charge is -2.07. The Morgan fingerprint density at radius 3 is 2.47 bits per heavy atom. The minimum atomic E-state index is -2.95. The van der Waals surface area contributed by atoms with Crippen molar-refractivity contribution in [3.05, 3.63) is 34.9 Å². The zero-order valence-corrected chi connectivity index (χ0v) is 9.97. The first-order chi connectivity index (χ1) is 6.98. The average Bonchev–Trinajstić information content (AvgIpc) is 2.21. The molecule has 1 rings (SSSR count). The molecule has 0 radical (unpaired) electrons. The van der Waals surface area contributed by atoms with Crippen LogP contribution in [-0.4, -0.2) is 14.2 Å². The van der Waals surface area contributed by atoms with Gasteiger partial charge in [0, 0.05) is 12.3 Å². The Morgan fingerprint density at radius 1 is 1.33 bits per heavy atom. The summed E-state index contributed by atoms with van der Waals surface area (Å²) in [5.41, 5.74) is 8.40. The van der Waals surface area contributed by atoms with Gasteiger partial charge in [0.25, 0.3) is 0 Å². The van der Waals surface area contributed by atoms with Crippen LogP contribution in [0.1, 0.15) is 23.6 Å². The average molecular weight is 227 g/mol. The molecule has 0 saturated carbocycles. The van der Waals surface area contributed by atoms with Crippen LogP contribution < -0.4 is 5.73 Å². The van der Waals surface area contributed by atoms with Gasteiger partial charge in [0.05, 0.1) is 5.75 Å². The van der Waals surface area contributed by atoms with Crippen molar-refractivity contribution >= 4 is 9.84 Å². The minimum Gasteiger partial charge on any atom is -0.326 e. The van der Waals surface area contributed by atoms with Crippen LogP contribution in [0.15, 0.2) is 18.2 Å². The molecule has 15 heavy (non-hydrogen) atoms. The van der Waals surface area contributed by atoms with Crippen molar-refractivity contribution in [3.8, 4) is 0 Å². The Bertz CT molecular complexity index is 438. The Hall–Kier alpha value is -0.870. The molecule has 1 aromatic carbocycles. The summed E-state index contributed by atoms with van der Waals surface area (Å²) in [5.74, 6) is 0.311. The van der Waals surface area contributed by atoms with Crippen LogP contribution in [-0.2, 0) is 22.1 Å². The molecule has 0 aromatic heterocycles. The molecule has 0 spiro atoms. The topological polar surface area (TPSA) is 60.2 Å². The lowest BCUT2D eigenvalue weighted by molar-refractivity contribution is 0.596. The van der Waals surface area contributed by atoms with Gasteiger partial charge in [0.1, 0.15) is 0 Å².